The molecule has 1 aromatic carbocycles. The number of pyridine rings is 1. The van der Waals surface area contributed by atoms with Crippen molar-refractivity contribution >= 4 is 18.0 Å². The van der Waals surface area contributed by atoms with Gasteiger partial charge in [-0.05, 0) is 38.1 Å². The molecule has 0 spiro atoms. The second-order valence-corrected chi connectivity index (χ2v) is 5.41. The van der Waals surface area contributed by atoms with Gasteiger partial charge in [0.15, 0.2) is 0 Å². The molecule has 6 nitrogen and oxygen atoms in total. The van der Waals surface area contributed by atoms with Gasteiger partial charge in [0.1, 0.15) is 17.3 Å². The Bertz CT molecular complexity index is 851. The molecule has 0 aliphatic carbocycles. The van der Waals surface area contributed by atoms with Crippen LogP contribution >= 0.6 is 0 Å². The fraction of sp³-hybridized carbons (Fsp3) is 0.286. The van der Waals surface area contributed by atoms with Crippen LogP contribution in [0.1, 0.15) is 38.1 Å². The zero-order chi connectivity index (χ0) is 19.6. The van der Waals surface area contributed by atoms with Crippen LogP contribution in [0.5, 0.6) is 11.5 Å². The molecule has 6 heteroatoms. The molecule has 2 aromatic rings. The van der Waals surface area contributed by atoms with Gasteiger partial charge in [0.25, 0.3) is 0 Å². The van der Waals surface area contributed by atoms with Gasteiger partial charge in [-0.3, -0.25) is 4.99 Å². The van der Waals surface area contributed by atoms with Gasteiger partial charge < -0.3 is 14.8 Å². The Hall–Kier alpha value is -3.15. The monoisotopic (exact) mass is 369 g/mol. The lowest BCUT2D eigenvalue weighted by Gasteiger charge is -2.12. The molecule has 2 heterocycles. The van der Waals surface area contributed by atoms with Gasteiger partial charge in [0, 0.05) is 25.5 Å². The topological polar surface area (TPSA) is 72.8 Å². The van der Waals surface area contributed by atoms with E-state index in [9.17, 15) is 4.79 Å². The van der Waals surface area contributed by atoms with Crippen LogP contribution in [0.3, 0.4) is 0 Å². The van der Waals surface area contributed by atoms with Gasteiger partial charge in [-0.25, -0.2) is 9.78 Å². The van der Waals surface area contributed by atoms with Crippen LogP contribution in [-0.2, 0) is 4.74 Å². The van der Waals surface area contributed by atoms with Gasteiger partial charge in [-0.1, -0.05) is 19.9 Å². The van der Waals surface area contributed by atoms with Crippen molar-refractivity contribution in [2.24, 2.45) is 4.99 Å². The summed E-state index contributed by atoms with van der Waals surface area (Å²) in [5.74, 6) is 1.53. The van der Waals surface area contributed by atoms with Crippen molar-refractivity contribution in [2.45, 2.75) is 27.7 Å². The molecule has 0 radical (unpaired) electrons. The average molecular weight is 369 g/mol. The number of ether oxygens (including phenoxy) is 2. The first-order valence-electron chi connectivity index (χ1n) is 9.05. The predicted octanol–water partition coefficient (Wildman–Crippen LogP) is 5.01. The van der Waals surface area contributed by atoms with E-state index in [1.807, 2.05) is 32.9 Å². The van der Waals surface area contributed by atoms with Gasteiger partial charge in [-0.2, -0.15) is 0 Å². The standard InChI is InChI=1S/C19H19N3O3.C2H6.H2/c1-3-24-19(23)16-5-4-6-17(13(16)2)25-15-8-10-21-18(11-15)22-14-7-9-20-12-14;1-2;/h4-8,10-12H,3,9H2,1-2H3,(H,21,22);1-2H3;1H. The summed E-state index contributed by atoms with van der Waals surface area (Å²) in [7, 11) is 0. The number of esters is 1. The van der Waals surface area contributed by atoms with Crippen molar-refractivity contribution in [1.82, 2.24) is 4.98 Å². The molecule has 1 aliphatic heterocycles. The molecule has 0 unspecified atom stereocenters. The number of rotatable bonds is 6. The molecule has 27 heavy (non-hydrogen) atoms. The first-order valence-corrected chi connectivity index (χ1v) is 9.05. The number of carbonyl (C=O) groups excluding carboxylic acids is 1. The largest absolute Gasteiger partial charge is 0.462 e. The quantitative estimate of drug-likeness (QED) is 0.725. The number of nitrogens with zero attached hydrogens (tertiary/aromatic N) is 2. The van der Waals surface area contributed by atoms with Crippen LogP contribution in [0.2, 0.25) is 0 Å². The van der Waals surface area contributed by atoms with Crippen LogP contribution < -0.4 is 10.1 Å². The third-order valence-electron chi connectivity index (χ3n) is 3.66. The summed E-state index contributed by atoms with van der Waals surface area (Å²) < 4.78 is 11.0. The zero-order valence-corrected chi connectivity index (χ0v) is 16.2. The Morgan fingerprint density at radius 1 is 1.30 bits per heavy atom. The van der Waals surface area contributed by atoms with Gasteiger partial charge in [0.05, 0.1) is 24.4 Å². The molecule has 144 valence electrons. The summed E-state index contributed by atoms with van der Waals surface area (Å²) in [6.07, 6.45) is 5.40. The van der Waals surface area contributed by atoms with Crippen molar-refractivity contribution in [2.75, 3.05) is 18.5 Å². The maximum Gasteiger partial charge on any atom is 0.338 e. The van der Waals surface area contributed by atoms with Crippen molar-refractivity contribution in [1.29, 1.82) is 0 Å². The second kappa shape index (κ2) is 10.1. The normalized spacial score (nSPS) is 11.9. The lowest BCUT2D eigenvalue weighted by molar-refractivity contribution is 0.0525. The van der Waals surface area contributed by atoms with Crippen molar-refractivity contribution in [3.05, 3.63) is 59.4 Å². The fourth-order valence-electron chi connectivity index (χ4n) is 2.41. The highest BCUT2D eigenvalue weighted by Crippen LogP contribution is 2.28. The molecular formula is C21H27N3O3. The van der Waals surface area contributed by atoms with E-state index in [4.69, 9.17) is 9.47 Å². The van der Waals surface area contributed by atoms with Crippen LogP contribution in [0.25, 0.3) is 0 Å². The van der Waals surface area contributed by atoms with E-state index < -0.39 is 0 Å². The number of benzene rings is 1. The number of aliphatic imine (C=N–C) groups is 1. The van der Waals surface area contributed by atoms with Gasteiger partial charge >= 0.3 is 5.97 Å². The molecule has 1 aromatic heterocycles. The lowest BCUT2D eigenvalue weighted by Crippen LogP contribution is -2.07. The number of anilines is 1. The molecule has 1 aliphatic rings. The Morgan fingerprint density at radius 3 is 2.81 bits per heavy atom. The van der Waals surface area contributed by atoms with E-state index in [0.29, 0.717) is 36.0 Å². The summed E-state index contributed by atoms with van der Waals surface area (Å²) in [5, 5.41) is 3.17. The highest BCUT2D eigenvalue weighted by molar-refractivity contribution is 5.91. The summed E-state index contributed by atoms with van der Waals surface area (Å²) >= 11 is 0. The van der Waals surface area contributed by atoms with Gasteiger partial charge in [-0.15, -0.1) is 0 Å². The Kier molecular flexibility index (Phi) is 7.55. The van der Waals surface area contributed by atoms with Crippen LogP contribution in [0, 0.1) is 6.92 Å². The number of carbonyl (C=O) groups is 1. The number of allylic oxidation sites excluding steroid dienone is 1. The molecular weight excluding hydrogens is 342 g/mol. The number of hydrogen-bond acceptors (Lipinski definition) is 6. The van der Waals surface area contributed by atoms with Crippen molar-refractivity contribution in [3.63, 3.8) is 0 Å². The van der Waals surface area contributed by atoms with E-state index >= 15 is 0 Å². The minimum atomic E-state index is -0.352. The highest BCUT2D eigenvalue weighted by atomic mass is 16.5. The van der Waals surface area contributed by atoms with E-state index in [-0.39, 0.29) is 7.40 Å². The molecule has 0 bridgehead atoms. The highest BCUT2D eigenvalue weighted by Gasteiger charge is 2.14. The number of aromatic nitrogens is 1. The third kappa shape index (κ3) is 5.41. The Labute approximate surface area is 161 Å². The smallest absolute Gasteiger partial charge is 0.338 e. The minimum absolute atomic E-state index is 0. The van der Waals surface area contributed by atoms with Gasteiger partial charge in [0.2, 0.25) is 0 Å². The summed E-state index contributed by atoms with van der Waals surface area (Å²) in [5.41, 5.74) is 2.14. The predicted molar refractivity (Wildman–Crippen MR) is 110 cm³/mol. The first kappa shape index (κ1) is 20.2. The maximum absolute atomic E-state index is 12.0. The average Bonchev–Trinajstić information content (AvgIpc) is 3.18. The molecule has 1 N–H and O–H groups in total. The Morgan fingerprint density at radius 2 is 2.11 bits per heavy atom. The Balaban J connectivity index is 0.00000127. The molecule has 0 fully saturated rings. The third-order valence-corrected chi connectivity index (χ3v) is 3.66. The molecule has 0 saturated carbocycles. The zero-order valence-electron chi connectivity index (χ0n) is 16.2. The van der Waals surface area contributed by atoms with E-state index in [1.165, 1.54) is 0 Å². The van der Waals surface area contributed by atoms with E-state index in [2.05, 4.69) is 15.3 Å². The maximum atomic E-state index is 12.0. The van der Waals surface area contributed by atoms with Crippen LogP contribution in [0.4, 0.5) is 5.82 Å². The summed E-state index contributed by atoms with van der Waals surface area (Å²) in [4.78, 5) is 20.4. The molecule has 0 saturated heterocycles. The summed E-state index contributed by atoms with van der Waals surface area (Å²) in [6, 6.07) is 8.88. The van der Waals surface area contributed by atoms with E-state index in [0.717, 1.165) is 11.3 Å². The number of nitrogens with one attached hydrogen (secondary N) is 1. The number of hydrogen-bond donors (Lipinski definition) is 1. The minimum Gasteiger partial charge on any atom is -0.462 e. The van der Waals surface area contributed by atoms with Crippen molar-refractivity contribution in [3.8, 4) is 11.5 Å². The fourth-order valence-corrected chi connectivity index (χ4v) is 2.41. The van der Waals surface area contributed by atoms with Crippen LogP contribution in [-0.4, -0.2) is 30.3 Å². The molecule has 3 rings (SSSR count). The van der Waals surface area contributed by atoms with Crippen LogP contribution in [0.15, 0.2) is 53.3 Å². The second-order valence-electron chi connectivity index (χ2n) is 5.41. The first-order chi connectivity index (χ1) is 13.2. The molecule has 0 atom stereocenters. The van der Waals surface area contributed by atoms with E-state index in [1.54, 1.807) is 43.6 Å². The molecule has 0 amide bonds. The lowest BCUT2D eigenvalue weighted by atomic mass is 10.1. The van der Waals surface area contributed by atoms with Crippen molar-refractivity contribution < 1.29 is 15.7 Å². The summed E-state index contributed by atoms with van der Waals surface area (Å²) in [6.45, 7) is 8.63. The SMILES string of the molecule is CC.CCOC(=O)c1cccc(Oc2ccnc(NC3=CCN=C3)c2)c1C.[HH].